The molecule has 0 radical (unpaired) electrons. The number of aromatic hydroxyl groups is 1. The molecule has 3 saturated heterocycles. The van der Waals surface area contributed by atoms with Crippen molar-refractivity contribution in [3.8, 4) is 11.5 Å². The van der Waals surface area contributed by atoms with Gasteiger partial charge in [-0.3, -0.25) is 14.2 Å². The summed E-state index contributed by atoms with van der Waals surface area (Å²) in [5, 5.41) is 10.2. The molecule has 0 aromatic heterocycles. The van der Waals surface area contributed by atoms with Crippen LogP contribution in [0.3, 0.4) is 0 Å². The molecule has 3 aliphatic rings. The van der Waals surface area contributed by atoms with E-state index in [4.69, 9.17) is 14.2 Å². The first kappa shape index (κ1) is 18.5. The number of fused-ring (bicyclic) bond motifs is 3. The van der Waals surface area contributed by atoms with Crippen LogP contribution < -0.4 is 4.74 Å². The molecule has 0 spiro atoms. The van der Waals surface area contributed by atoms with E-state index in [1.807, 2.05) is 0 Å². The number of benzene rings is 1. The maximum Gasteiger partial charge on any atom is 0.411 e. The third kappa shape index (κ3) is 2.99. The normalized spacial score (nSPS) is 26.6. The minimum atomic E-state index is -1.60. The molecular weight excluding hydrogens is 340 g/mol. The highest BCUT2D eigenvalue weighted by molar-refractivity contribution is 5.85. The predicted molar refractivity (Wildman–Crippen MR) is 91.4 cm³/mol. The van der Waals surface area contributed by atoms with E-state index in [1.165, 1.54) is 20.3 Å². The fourth-order valence-corrected chi connectivity index (χ4v) is 3.97. The minimum Gasteiger partial charge on any atom is -0.504 e. The first-order valence-corrected chi connectivity index (χ1v) is 8.67. The first-order chi connectivity index (χ1) is 12.5. The Labute approximate surface area is 152 Å². The van der Waals surface area contributed by atoms with E-state index in [-0.39, 0.29) is 22.4 Å². The lowest BCUT2D eigenvalue weighted by molar-refractivity contribution is -0.995. The number of phenols is 1. The van der Waals surface area contributed by atoms with Gasteiger partial charge < -0.3 is 19.3 Å². The van der Waals surface area contributed by atoms with Crippen LogP contribution in [0.25, 0.3) is 0 Å². The number of hydrogen-bond donors (Lipinski definition) is 1. The molecular formula is C18H25N2O6+. The number of quaternary nitrogens is 1. The Hall–Kier alpha value is -2.32. The monoisotopic (exact) mass is 365 g/mol. The van der Waals surface area contributed by atoms with Gasteiger partial charge in [-0.2, -0.15) is 0 Å². The van der Waals surface area contributed by atoms with Crippen LogP contribution in [0.5, 0.6) is 11.5 Å². The van der Waals surface area contributed by atoms with E-state index in [9.17, 15) is 14.7 Å². The second kappa shape index (κ2) is 7.13. The quantitative estimate of drug-likeness (QED) is 0.575. The van der Waals surface area contributed by atoms with E-state index in [2.05, 4.69) is 4.90 Å². The maximum atomic E-state index is 13.0. The second-order valence-corrected chi connectivity index (χ2v) is 6.76. The fraction of sp³-hybridized carbons (Fsp3) is 0.556. The molecule has 142 valence electrons. The molecule has 2 bridgehead atoms. The summed E-state index contributed by atoms with van der Waals surface area (Å²) >= 11 is 0. The minimum absolute atomic E-state index is 0.0977. The number of para-hydroxylation sites is 2. The van der Waals surface area contributed by atoms with E-state index >= 15 is 0 Å². The van der Waals surface area contributed by atoms with Gasteiger partial charge in [-0.1, -0.05) is 12.1 Å². The number of ether oxygens (including phenoxy) is 3. The third-order valence-electron chi connectivity index (χ3n) is 5.56. The molecule has 3 heterocycles. The smallest absolute Gasteiger partial charge is 0.411 e. The molecule has 0 saturated carbocycles. The zero-order chi connectivity index (χ0) is 18.8. The molecule has 3 fully saturated rings. The van der Waals surface area contributed by atoms with Gasteiger partial charge in [0.1, 0.15) is 0 Å². The van der Waals surface area contributed by atoms with Crippen molar-refractivity contribution in [1.29, 1.82) is 0 Å². The van der Waals surface area contributed by atoms with Crippen molar-refractivity contribution in [3.63, 3.8) is 0 Å². The summed E-state index contributed by atoms with van der Waals surface area (Å²) in [6.45, 7) is 4.39. The Bertz CT molecular complexity index is 672. The molecule has 0 amide bonds. The standard InChI is InChI=1S/C18H24N2O6/c1-24-16(22)13-18(17(23)25-2,26-15-6-4-3-5-14(15)21)20-10-7-19(8-11-20)9-12-20/h3-6H,7-13H2,1-2H3/p+1. The average Bonchev–Trinajstić information content (AvgIpc) is 2.69. The third-order valence-corrected chi connectivity index (χ3v) is 5.56. The molecule has 3 aliphatic heterocycles. The summed E-state index contributed by atoms with van der Waals surface area (Å²) in [4.78, 5) is 27.6. The van der Waals surface area contributed by atoms with Gasteiger partial charge in [0.25, 0.3) is 0 Å². The summed E-state index contributed by atoms with van der Waals surface area (Å²) in [5.41, 5.74) is -1.60. The Morgan fingerprint density at radius 2 is 1.73 bits per heavy atom. The average molecular weight is 365 g/mol. The van der Waals surface area contributed by atoms with E-state index in [0.29, 0.717) is 19.6 Å². The highest BCUT2D eigenvalue weighted by Crippen LogP contribution is 2.39. The Balaban J connectivity index is 2.10. The number of phenolic OH excluding ortho intramolecular Hbond substituents is 1. The van der Waals surface area contributed by atoms with Gasteiger partial charge in [0.05, 0.1) is 33.9 Å². The number of hydrogen-bond acceptors (Lipinski definition) is 7. The summed E-state index contributed by atoms with van der Waals surface area (Å²) in [6.07, 6.45) is -0.287. The number of carbonyl (C=O) groups excluding carboxylic acids is 2. The predicted octanol–water partition coefficient (Wildman–Crippen LogP) is 0.349. The lowest BCUT2D eigenvalue weighted by Crippen LogP contribution is -2.80. The van der Waals surface area contributed by atoms with Crippen LogP contribution in [0.4, 0.5) is 0 Å². The highest BCUT2D eigenvalue weighted by Gasteiger charge is 2.64. The van der Waals surface area contributed by atoms with Gasteiger partial charge in [-0.05, 0) is 12.1 Å². The van der Waals surface area contributed by atoms with E-state index < -0.39 is 17.7 Å². The molecule has 8 heteroatoms. The van der Waals surface area contributed by atoms with Crippen LogP contribution in [0.2, 0.25) is 0 Å². The maximum absolute atomic E-state index is 13.0. The zero-order valence-electron chi connectivity index (χ0n) is 15.1. The second-order valence-electron chi connectivity index (χ2n) is 6.76. The van der Waals surface area contributed by atoms with Crippen LogP contribution in [-0.4, -0.2) is 85.6 Å². The van der Waals surface area contributed by atoms with E-state index in [1.54, 1.807) is 18.2 Å². The summed E-state index contributed by atoms with van der Waals surface area (Å²) < 4.78 is 16.4. The molecule has 1 atom stereocenters. The van der Waals surface area contributed by atoms with Crippen molar-refractivity contribution >= 4 is 11.9 Å². The Morgan fingerprint density at radius 1 is 1.12 bits per heavy atom. The molecule has 0 aliphatic carbocycles. The molecule has 1 aromatic rings. The lowest BCUT2D eigenvalue weighted by Gasteiger charge is -2.56. The number of nitrogens with zero attached hydrogens (tertiary/aromatic N) is 2. The lowest BCUT2D eigenvalue weighted by atomic mass is 9.97. The molecule has 1 unspecified atom stereocenters. The molecule has 8 nitrogen and oxygen atoms in total. The molecule has 4 rings (SSSR count). The van der Waals surface area contributed by atoms with E-state index in [0.717, 1.165) is 19.6 Å². The number of esters is 2. The van der Waals surface area contributed by atoms with Crippen molar-refractivity contribution in [2.75, 3.05) is 53.5 Å². The van der Waals surface area contributed by atoms with Gasteiger partial charge >= 0.3 is 17.7 Å². The summed E-state index contributed by atoms with van der Waals surface area (Å²) in [5.74, 6) is -1.16. The van der Waals surface area contributed by atoms with Gasteiger partial charge in [0, 0.05) is 19.6 Å². The first-order valence-electron chi connectivity index (χ1n) is 8.67. The van der Waals surface area contributed by atoms with Gasteiger partial charge in [-0.25, -0.2) is 4.79 Å². The molecule has 1 N–H and O–H groups in total. The Kier molecular flexibility index (Phi) is 5.06. The van der Waals surface area contributed by atoms with Crippen LogP contribution in [0.1, 0.15) is 6.42 Å². The largest absolute Gasteiger partial charge is 0.504 e. The van der Waals surface area contributed by atoms with Crippen LogP contribution in [-0.2, 0) is 19.1 Å². The number of rotatable bonds is 6. The summed E-state index contributed by atoms with van der Waals surface area (Å²) in [7, 11) is 2.56. The van der Waals surface area contributed by atoms with Crippen molar-refractivity contribution < 1.29 is 33.4 Å². The highest BCUT2D eigenvalue weighted by atomic mass is 16.6. The van der Waals surface area contributed by atoms with Crippen molar-refractivity contribution in [1.82, 2.24) is 4.90 Å². The van der Waals surface area contributed by atoms with Crippen LogP contribution in [0.15, 0.2) is 24.3 Å². The van der Waals surface area contributed by atoms with Crippen LogP contribution in [0, 0.1) is 0 Å². The molecule has 1 aromatic carbocycles. The number of piperazine rings is 3. The van der Waals surface area contributed by atoms with Crippen molar-refractivity contribution in [2.24, 2.45) is 0 Å². The number of carbonyl (C=O) groups is 2. The van der Waals surface area contributed by atoms with Gasteiger partial charge in [0.2, 0.25) is 0 Å². The fourth-order valence-electron chi connectivity index (χ4n) is 3.97. The molecule has 26 heavy (non-hydrogen) atoms. The van der Waals surface area contributed by atoms with Crippen molar-refractivity contribution in [2.45, 2.75) is 12.1 Å². The Morgan fingerprint density at radius 3 is 2.27 bits per heavy atom. The van der Waals surface area contributed by atoms with Crippen molar-refractivity contribution in [3.05, 3.63) is 24.3 Å². The SMILES string of the molecule is COC(=O)CC(Oc1ccccc1O)(C(=O)OC)[N+]12CCN(CC1)CC2. The van der Waals surface area contributed by atoms with Gasteiger partial charge in [-0.15, -0.1) is 0 Å². The zero-order valence-corrected chi connectivity index (χ0v) is 15.1. The van der Waals surface area contributed by atoms with Crippen LogP contribution >= 0.6 is 0 Å². The number of methoxy groups -OCH3 is 2. The topological polar surface area (TPSA) is 85.3 Å². The van der Waals surface area contributed by atoms with Gasteiger partial charge in [0.15, 0.2) is 17.9 Å². The summed E-state index contributed by atoms with van der Waals surface area (Å²) in [6, 6.07) is 6.41.